The summed E-state index contributed by atoms with van der Waals surface area (Å²) >= 11 is 0. The lowest BCUT2D eigenvalue weighted by molar-refractivity contribution is 0.161. The number of rotatable bonds is 9. The summed E-state index contributed by atoms with van der Waals surface area (Å²) in [5.74, 6) is 0.475. The molecule has 0 bridgehead atoms. The average molecular weight is 289 g/mol. The van der Waals surface area contributed by atoms with E-state index in [9.17, 15) is 0 Å². The lowest BCUT2D eigenvalue weighted by Crippen LogP contribution is -2.51. The molecule has 5 heteroatoms. The van der Waals surface area contributed by atoms with E-state index in [1.807, 2.05) is 32.6 Å². The maximum Gasteiger partial charge on any atom is 0.352 e. The molecule has 0 rings (SSSR count). The number of hydrogen-bond donors (Lipinski definition) is 0. The van der Waals surface area contributed by atoms with Crippen LogP contribution in [0, 0.1) is 5.92 Å². The molecule has 18 heavy (non-hydrogen) atoms. The molecule has 0 amide bonds. The molecule has 0 aliphatic heterocycles. The Labute approximate surface area is 114 Å². The van der Waals surface area contributed by atoms with Crippen LogP contribution in [0.1, 0.15) is 27.7 Å². The summed E-state index contributed by atoms with van der Waals surface area (Å²) in [6.07, 6.45) is 0.118. The van der Waals surface area contributed by atoms with Gasteiger partial charge in [-0.2, -0.15) is 0 Å². The largest absolute Gasteiger partial charge is 0.409 e. The minimum Gasteiger partial charge on any atom is -0.409 e. The predicted octanol–water partition coefficient (Wildman–Crippen LogP) is 3.70. The first-order valence-corrected chi connectivity index (χ1v) is 11.2. The molecule has 2 unspecified atom stereocenters. The highest BCUT2D eigenvalue weighted by atomic mass is 28.5. The second kappa shape index (κ2) is 7.40. The van der Waals surface area contributed by atoms with Gasteiger partial charge in [0.05, 0.1) is 0 Å². The van der Waals surface area contributed by atoms with E-state index in [0.717, 1.165) is 0 Å². The van der Waals surface area contributed by atoms with Gasteiger partial charge in [-0.05, 0) is 32.9 Å². The molecular weight excluding hydrogens is 260 g/mol. The van der Waals surface area contributed by atoms with Gasteiger partial charge in [-0.15, -0.1) is 13.2 Å². The first-order chi connectivity index (χ1) is 8.16. The third-order valence-electron chi connectivity index (χ3n) is 2.32. The summed E-state index contributed by atoms with van der Waals surface area (Å²) in [7, 11) is -4.77. The number of hydrogen-bond acceptors (Lipinski definition) is 3. The van der Waals surface area contributed by atoms with Gasteiger partial charge in [0.15, 0.2) is 0 Å². The molecule has 106 valence electrons. The summed E-state index contributed by atoms with van der Waals surface area (Å²) in [4.78, 5) is 0. The molecule has 0 radical (unpaired) electrons. The Morgan fingerprint density at radius 3 is 1.83 bits per heavy atom. The van der Waals surface area contributed by atoms with Crippen LogP contribution < -0.4 is 0 Å². The van der Waals surface area contributed by atoms with Crippen molar-refractivity contribution in [1.82, 2.24) is 0 Å². The van der Waals surface area contributed by atoms with Crippen LogP contribution in [0.3, 0.4) is 0 Å². The van der Waals surface area contributed by atoms with Crippen molar-refractivity contribution in [2.75, 3.05) is 6.61 Å². The van der Waals surface area contributed by atoms with Gasteiger partial charge < -0.3 is 13.0 Å². The van der Waals surface area contributed by atoms with E-state index in [0.29, 0.717) is 12.5 Å². The highest BCUT2D eigenvalue weighted by Gasteiger charge is 2.40. The van der Waals surface area contributed by atoms with Crippen molar-refractivity contribution in [3.63, 3.8) is 0 Å². The fourth-order valence-electron chi connectivity index (χ4n) is 1.45. The molecule has 0 aliphatic carbocycles. The third-order valence-corrected chi connectivity index (χ3v) is 8.72. The average Bonchev–Trinajstić information content (AvgIpc) is 2.25. The van der Waals surface area contributed by atoms with Crippen LogP contribution in [0.5, 0.6) is 0 Å². The van der Waals surface area contributed by atoms with E-state index in [1.54, 1.807) is 5.70 Å². The molecule has 0 saturated carbocycles. The SMILES string of the molecule is C=C[Si](C)(OCC(C)C)O[Si](C)(C=C)OC(C)C. The Balaban J connectivity index is 4.74. The van der Waals surface area contributed by atoms with Crippen LogP contribution >= 0.6 is 0 Å². The Morgan fingerprint density at radius 2 is 1.50 bits per heavy atom. The highest BCUT2D eigenvalue weighted by molar-refractivity contribution is 6.84. The van der Waals surface area contributed by atoms with Crippen LogP contribution in [0.4, 0.5) is 0 Å². The van der Waals surface area contributed by atoms with E-state index in [2.05, 4.69) is 27.0 Å². The topological polar surface area (TPSA) is 27.7 Å². The quantitative estimate of drug-likeness (QED) is 0.606. The van der Waals surface area contributed by atoms with E-state index in [-0.39, 0.29) is 6.10 Å². The summed E-state index contributed by atoms with van der Waals surface area (Å²) in [5.41, 5.74) is 3.62. The summed E-state index contributed by atoms with van der Waals surface area (Å²) in [5, 5.41) is 0. The molecule has 2 atom stereocenters. The molecule has 0 saturated heterocycles. The zero-order chi connectivity index (χ0) is 14.4. The molecule has 0 aromatic heterocycles. The lowest BCUT2D eigenvalue weighted by Gasteiger charge is -2.34. The van der Waals surface area contributed by atoms with Crippen molar-refractivity contribution < 1.29 is 13.0 Å². The zero-order valence-electron chi connectivity index (χ0n) is 12.7. The van der Waals surface area contributed by atoms with Crippen molar-refractivity contribution in [3.05, 3.63) is 24.6 Å². The zero-order valence-corrected chi connectivity index (χ0v) is 14.7. The van der Waals surface area contributed by atoms with Gasteiger partial charge in [-0.3, -0.25) is 0 Å². The molecule has 0 spiro atoms. The van der Waals surface area contributed by atoms with Crippen molar-refractivity contribution in [3.8, 4) is 0 Å². The van der Waals surface area contributed by atoms with E-state index < -0.39 is 17.1 Å². The van der Waals surface area contributed by atoms with Crippen LogP contribution in [0.25, 0.3) is 0 Å². The van der Waals surface area contributed by atoms with Crippen LogP contribution in [0.2, 0.25) is 13.1 Å². The van der Waals surface area contributed by atoms with E-state index in [4.69, 9.17) is 13.0 Å². The minimum atomic E-state index is -2.39. The first-order valence-electron chi connectivity index (χ1n) is 6.45. The van der Waals surface area contributed by atoms with Gasteiger partial charge >= 0.3 is 17.1 Å². The molecule has 3 nitrogen and oxygen atoms in total. The molecule has 0 aromatic rings. The maximum atomic E-state index is 6.18. The Bertz CT molecular complexity index is 281. The van der Waals surface area contributed by atoms with E-state index >= 15 is 0 Å². The summed E-state index contributed by atoms with van der Waals surface area (Å²) < 4.78 is 18.0. The molecule has 0 aromatic carbocycles. The summed E-state index contributed by atoms with van der Waals surface area (Å²) in [6.45, 7) is 20.6. The first kappa shape index (κ1) is 17.8. The van der Waals surface area contributed by atoms with Crippen LogP contribution in [-0.2, 0) is 13.0 Å². The van der Waals surface area contributed by atoms with Crippen molar-refractivity contribution in [2.45, 2.75) is 46.9 Å². The Kier molecular flexibility index (Phi) is 7.31. The van der Waals surface area contributed by atoms with Gasteiger partial charge in [-0.1, -0.05) is 25.2 Å². The third kappa shape index (κ3) is 6.65. The van der Waals surface area contributed by atoms with Crippen molar-refractivity contribution in [1.29, 1.82) is 0 Å². The lowest BCUT2D eigenvalue weighted by atomic mass is 10.2. The second-order valence-electron chi connectivity index (χ2n) is 5.41. The van der Waals surface area contributed by atoms with Crippen molar-refractivity contribution in [2.24, 2.45) is 5.92 Å². The van der Waals surface area contributed by atoms with Gasteiger partial charge in [0.25, 0.3) is 0 Å². The van der Waals surface area contributed by atoms with Gasteiger partial charge in [-0.25, -0.2) is 0 Å². The molecule has 0 aliphatic rings. The van der Waals surface area contributed by atoms with Crippen LogP contribution in [0.15, 0.2) is 24.6 Å². The minimum absolute atomic E-state index is 0.118. The Hall–Kier alpha value is -0.206. The van der Waals surface area contributed by atoms with Crippen molar-refractivity contribution >= 4 is 17.1 Å². The fourth-order valence-corrected chi connectivity index (χ4v) is 7.57. The molecule has 0 N–H and O–H groups in total. The summed E-state index contributed by atoms with van der Waals surface area (Å²) in [6, 6.07) is 0. The molecule has 0 heterocycles. The predicted molar refractivity (Wildman–Crippen MR) is 81.7 cm³/mol. The van der Waals surface area contributed by atoms with E-state index in [1.165, 1.54) is 0 Å². The van der Waals surface area contributed by atoms with Crippen LogP contribution in [-0.4, -0.2) is 29.8 Å². The van der Waals surface area contributed by atoms with Gasteiger partial charge in [0.2, 0.25) is 0 Å². The molecular formula is C13H28O3Si2. The monoisotopic (exact) mass is 288 g/mol. The Morgan fingerprint density at radius 1 is 1.00 bits per heavy atom. The van der Waals surface area contributed by atoms with Gasteiger partial charge in [0.1, 0.15) is 0 Å². The van der Waals surface area contributed by atoms with Gasteiger partial charge in [0, 0.05) is 12.7 Å². The fraction of sp³-hybridized carbons (Fsp3) is 0.692. The molecule has 0 fully saturated rings. The second-order valence-corrected chi connectivity index (χ2v) is 11.6. The highest BCUT2D eigenvalue weighted by Crippen LogP contribution is 2.20. The standard InChI is InChI=1S/C13H28O3Si2/c1-9-17(7,14-11-12(3)4)16-18(8,10-2)15-13(5)6/h9-10,12-13H,1-2,11H2,3-8H3. The normalized spacial score (nSPS) is 18.4. The maximum absolute atomic E-state index is 6.18. The smallest absolute Gasteiger partial charge is 0.352 e.